The number of guanidine groups is 1. The van der Waals surface area contributed by atoms with Gasteiger partial charge in [0.05, 0.1) is 12.6 Å². The number of hydrogen-bond donors (Lipinski definition) is 1. The molecule has 26 heavy (non-hydrogen) atoms. The van der Waals surface area contributed by atoms with Crippen LogP contribution in [0.5, 0.6) is 0 Å². The first-order valence-corrected chi connectivity index (χ1v) is 9.14. The van der Waals surface area contributed by atoms with Gasteiger partial charge in [-0.1, -0.05) is 0 Å². The lowest BCUT2D eigenvalue weighted by Gasteiger charge is -2.36. The summed E-state index contributed by atoms with van der Waals surface area (Å²) < 4.78 is 5.75. The molecular weight excluding hydrogens is 449 g/mol. The van der Waals surface area contributed by atoms with E-state index in [0.717, 1.165) is 26.0 Å². The Labute approximate surface area is 173 Å². The Morgan fingerprint density at radius 1 is 1.35 bits per heavy atom. The molecular formula is C17H32IN5O3. The van der Waals surface area contributed by atoms with Crippen molar-refractivity contribution in [3.05, 3.63) is 0 Å². The molecule has 0 aromatic rings. The van der Waals surface area contributed by atoms with Gasteiger partial charge in [-0.3, -0.25) is 9.59 Å². The van der Waals surface area contributed by atoms with Gasteiger partial charge in [-0.25, -0.2) is 4.99 Å². The Bertz CT molecular complexity index is 495. The lowest BCUT2D eigenvalue weighted by Crippen LogP contribution is -2.56. The van der Waals surface area contributed by atoms with Crippen molar-refractivity contribution in [1.82, 2.24) is 20.0 Å². The molecule has 0 saturated carbocycles. The smallest absolute Gasteiger partial charge is 0.243 e. The molecule has 0 aliphatic carbocycles. The third kappa shape index (κ3) is 6.90. The van der Waals surface area contributed by atoms with Crippen molar-refractivity contribution in [2.45, 2.75) is 32.3 Å². The Morgan fingerprint density at radius 2 is 2.12 bits per heavy atom. The van der Waals surface area contributed by atoms with Crippen LogP contribution in [0.3, 0.4) is 0 Å². The molecule has 2 fully saturated rings. The third-order valence-electron chi connectivity index (χ3n) is 4.62. The van der Waals surface area contributed by atoms with Crippen LogP contribution in [0.15, 0.2) is 4.99 Å². The first-order chi connectivity index (χ1) is 12.0. The van der Waals surface area contributed by atoms with Crippen LogP contribution in [0.4, 0.5) is 0 Å². The molecule has 8 nitrogen and oxygen atoms in total. The van der Waals surface area contributed by atoms with E-state index >= 15 is 0 Å². The fraction of sp³-hybridized carbons (Fsp3) is 0.824. The third-order valence-corrected chi connectivity index (χ3v) is 4.62. The molecule has 9 heteroatoms. The highest BCUT2D eigenvalue weighted by Gasteiger charge is 2.26. The number of carbonyl (C=O) groups is 2. The van der Waals surface area contributed by atoms with Crippen LogP contribution in [0.25, 0.3) is 0 Å². The Balaban J connectivity index is 0.00000338. The van der Waals surface area contributed by atoms with Gasteiger partial charge >= 0.3 is 0 Å². The minimum absolute atomic E-state index is 0. The highest BCUT2D eigenvalue weighted by Crippen LogP contribution is 2.12. The monoisotopic (exact) mass is 481 g/mol. The number of amides is 2. The first kappa shape index (κ1) is 22.9. The van der Waals surface area contributed by atoms with E-state index in [-0.39, 0.29) is 48.4 Å². The van der Waals surface area contributed by atoms with Gasteiger partial charge in [0.1, 0.15) is 6.54 Å². The molecule has 0 bridgehead atoms. The van der Waals surface area contributed by atoms with Gasteiger partial charge in [0.25, 0.3) is 0 Å². The summed E-state index contributed by atoms with van der Waals surface area (Å²) in [7, 11) is 3.43. The number of rotatable bonds is 5. The summed E-state index contributed by atoms with van der Waals surface area (Å²) >= 11 is 0. The van der Waals surface area contributed by atoms with E-state index in [4.69, 9.17) is 4.74 Å². The summed E-state index contributed by atoms with van der Waals surface area (Å²) in [6, 6.07) is 0. The van der Waals surface area contributed by atoms with Crippen LogP contribution in [-0.2, 0) is 14.3 Å². The van der Waals surface area contributed by atoms with Gasteiger partial charge in [-0.2, -0.15) is 0 Å². The minimum atomic E-state index is -0.0632. The molecule has 0 aromatic heterocycles. The number of halogens is 1. The summed E-state index contributed by atoms with van der Waals surface area (Å²) in [4.78, 5) is 33.8. The maximum atomic E-state index is 12.2. The second-order valence-electron chi connectivity index (χ2n) is 6.69. The molecule has 0 aromatic carbocycles. The van der Waals surface area contributed by atoms with E-state index in [0.29, 0.717) is 32.1 Å². The number of carbonyl (C=O) groups excluding carboxylic acids is 2. The highest BCUT2D eigenvalue weighted by atomic mass is 127. The van der Waals surface area contributed by atoms with Crippen LogP contribution in [-0.4, -0.2) is 98.5 Å². The molecule has 1 unspecified atom stereocenters. The maximum absolute atomic E-state index is 12.2. The summed E-state index contributed by atoms with van der Waals surface area (Å²) in [6.07, 6.45) is 3.48. The maximum Gasteiger partial charge on any atom is 0.243 e. The molecule has 2 heterocycles. The zero-order valence-electron chi connectivity index (χ0n) is 16.1. The lowest BCUT2D eigenvalue weighted by molar-refractivity contribution is -0.134. The summed E-state index contributed by atoms with van der Waals surface area (Å²) in [6.45, 7) is 5.91. The van der Waals surface area contributed by atoms with Crippen LogP contribution in [0.2, 0.25) is 0 Å². The van der Waals surface area contributed by atoms with Gasteiger partial charge < -0.3 is 24.8 Å². The molecule has 2 aliphatic rings. The average molecular weight is 481 g/mol. The zero-order chi connectivity index (χ0) is 18.2. The van der Waals surface area contributed by atoms with E-state index in [1.54, 1.807) is 14.1 Å². The summed E-state index contributed by atoms with van der Waals surface area (Å²) in [5, 5.41) is 3.32. The van der Waals surface area contributed by atoms with Crippen molar-refractivity contribution in [3.8, 4) is 0 Å². The Morgan fingerprint density at radius 3 is 2.69 bits per heavy atom. The van der Waals surface area contributed by atoms with Gasteiger partial charge in [-0.05, 0) is 26.2 Å². The van der Waals surface area contributed by atoms with Crippen molar-refractivity contribution in [1.29, 1.82) is 0 Å². The van der Waals surface area contributed by atoms with Gasteiger partial charge in [0, 0.05) is 46.9 Å². The zero-order valence-corrected chi connectivity index (χ0v) is 18.4. The molecule has 2 saturated heterocycles. The van der Waals surface area contributed by atoms with Crippen LogP contribution in [0, 0.1) is 0 Å². The standard InChI is InChI=1S/C17H31N5O3.HI/c1-4-21-8-9-22(13-16(21)24)17(19-12-15(23)20(2)3)18-11-14-7-5-6-10-25-14;/h14H,4-13H2,1-3H3,(H,18,19);1H. The summed E-state index contributed by atoms with van der Waals surface area (Å²) in [5.74, 6) is 0.649. The summed E-state index contributed by atoms with van der Waals surface area (Å²) in [5.41, 5.74) is 0. The number of nitrogens with one attached hydrogen (secondary N) is 1. The number of piperazine rings is 1. The number of ether oxygens (including phenoxy) is 1. The number of aliphatic imine (C=N–C) groups is 1. The first-order valence-electron chi connectivity index (χ1n) is 9.14. The van der Waals surface area contributed by atoms with Crippen LogP contribution < -0.4 is 5.32 Å². The second-order valence-corrected chi connectivity index (χ2v) is 6.69. The van der Waals surface area contributed by atoms with Crippen molar-refractivity contribution < 1.29 is 14.3 Å². The van der Waals surface area contributed by atoms with Crippen LogP contribution >= 0.6 is 24.0 Å². The van der Waals surface area contributed by atoms with E-state index in [9.17, 15) is 9.59 Å². The minimum Gasteiger partial charge on any atom is -0.376 e. The number of nitrogens with zero attached hydrogens (tertiary/aromatic N) is 4. The van der Waals surface area contributed by atoms with Gasteiger partial charge in [0.2, 0.25) is 11.8 Å². The van der Waals surface area contributed by atoms with Gasteiger partial charge in [0.15, 0.2) is 5.96 Å². The van der Waals surface area contributed by atoms with Crippen molar-refractivity contribution in [2.24, 2.45) is 4.99 Å². The Kier molecular flexibility index (Phi) is 10.2. The molecule has 1 atom stereocenters. The quantitative estimate of drug-likeness (QED) is 0.349. The molecule has 0 spiro atoms. The predicted octanol–water partition coefficient (Wildman–Crippen LogP) is 0.371. The van der Waals surface area contributed by atoms with Crippen molar-refractivity contribution in [2.75, 3.05) is 60.0 Å². The molecule has 0 radical (unpaired) electrons. The lowest BCUT2D eigenvalue weighted by atomic mass is 10.1. The van der Waals surface area contributed by atoms with E-state index in [2.05, 4.69) is 10.3 Å². The average Bonchev–Trinajstić information content (AvgIpc) is 2.62. The molecule has 1 N–H and O–H groups in total. The fourth-order valence-electron chi connectivity index (χ4n) is 2.95. The molecule has 2 aliphatic heterocycles. The topological polar surface area (TPSA) is 77.5 Å². The highest BCUT2D eigenvalue weighted by molar-refractivity contribution is 14.0. The second kappa shape index (κ2) is 11.6. The fourth-order valence-corrected chi connectivity index (χ4v) is 2.95. The largest absolute Gasteiger partial charge is 0.376 e. The molecule has 2 amide bonds. The number of likely N-dealkylation sites (N-methyl/N-ethyl adjacent to an activating group) is 2. The SMILES string of the molecule is CCN1CCN(C(=NCC(=O)N(C)C)NCC2CCCCO2)CC1=O.I. The van der Waals surface area contributed by atoms with Crippen molar-refractivity contribution >= 4 is 41.8 Å². The van der Waals surface area contributed by atoms with Gasteiger partial charge in [-0.15, -0.1) is 24.0 Å². The molecule has 150 valence electrons. The van der Waals surface area contributed by atoms with E-state index in [1.165, 1.54) is 11.3 Å². The van der Waals surface area contributed by atoms with E-state index in [1.807, 2.05) is 16.7 Å². The normalized spacial score (nSPS) is 21.3. The Hall–Kier alpha value is -1.10. The number of hydrogen-bond acceptors (Lipinski definition) is 4. The van der Waals surface area contributed by atoms with Crippen molar-refractivity contribution in [3.63, 3.8) is 0 Å². The van der Waals surface area contributed by atoms with E-state index < -0.39 is 0 Å². The molecule has 2 rings (SSSR count). The predicted molar refractivity (Wildman–Crippen MR) is 112 cm³/mol. The van der Waals surface area contributed by atoms with Crippen LogP contribution in [0.1, 0.15) is 26.2 Å².